The van der Waals surface area contributed by atoms with Gasteiger partial charge in [-0.1, -0.05) is 6.07 Å². The van der Waals surface area contributed by atoms with E-state index < -0.39 is 0 Å². The topological polar surface area (TPSA) is 42.2 Å². The fourth-order valence-electron chi connectivity index (χ4n) is 1.68. The van der Waals surface area contributed by atoms with Crippen molar-refractivity contribution in [2.24, 2.45) is 0 Å². The van der Waals surface area contributed by atoms with Crippen LogP contribution in [0.2, 0.25) is 0 Å². The second-order valence-corrected chi connectivity index (χ2v) is 3.93. The summed E-state index contributed by atoms with van der Waals surface area (Å²) in [6, 6.07) is 8.52. The molecule has 0 aliphatic heterocycles. The summed E-state index contributed by atoms with van der Waals surface area (Å²) in [5, 5.41) is 0. The molecule has 2 rings (SSSR count). The second-order valence-electron chi connectivity index (χ2n) is 3.93. The first-order chi connectivity index (χ1) is 8.16. The molecule has 1 aromatic carbocycles. The molecule has 0 fully saturated rings. The molecule has 3 nitrogen and oxygen atoms in total. The number of benzene rings is 1. The molecule has 88 valence electrons. The number of aromatic nitrogens is 1. The third-order valence-corrected chi connectivity index (χ3v) is 2.53. The molecule has 0 atom stereocenters. The lowest BCUT2D eigenvalue weighted by atomic mass is 10.2. The Hall–Kier alpha value is -2.10. The zero-order valence-electron chi connectivity index (χ0n) is 9.60. The minimum Gasteiger partial charge on any atom is -0.399 e. The van der Waals surface area contributed by atoms with Gasteiger partial charge in [-0.3, -0.25) is 4.98 Å². The summed E-state index contributed by atoms with van der Waals surface area (Å²) in [7, 11) is 1.83. The second kappa shape index (κ2) is 4.82. The Balaban J connectivity index is 2.17. The molecular formula is C13H14FN3. The Bertz CT molecular complexity index is 499. The van der Waals surface area contributed by atoms with E-state index in [0.29, 0.717) is 17.9 Å². The normalized spacial score (nSPS) is 10.2. The SMILES string of the molecule is CN(Cc1cccnc1)c1ccc(N)cc1F. The largest absolute Gasteiger partial charge is 0.399 e. The van der Waals surface area contributed by atoms with Gasteiger partial charge in [0, 0.05) is 31.7 Å². The predicted octanol–water partition coefficient (Wildman–Crippen LogP) is 2.44. The van der Waals surface area contributed by atoms with Crippen LogP contribution in [0, 0.1) is 5.82 Å². The third kappa shape index (κ3) is 2.72. The summed E-state index contributed by atoms with van der Waals surface area (Å²) >= 11 is 0. The number of hydrogen-bond acceptors (Lipinski definition) is 3. The first kappa shape index (κ1) is 11.4. The highest BCUT2D eigenvalue weighted by Crippen LogP contribution is 2.21. The highest BCUT2D eigenvalue weighted by atomic mass is 19.1. The van der Waals surface area contributed by atoms with Crippen LogP contribution in [0.3, 0.4) is 0 Å². The van der Waals surface area contributed by atoms with Crippen molar-refractivity contribution in [3.05, 3.63) is 54.1 Å². The minimum atomic E-state index is -0.309. The van der Waals surface area contributed by atoms with E-state index in [2.05, 4.69) is 4.98 Å². The molecule has 0 radical (unpaired) electrons. The molecule has 1 aromatic heterocycles. The molecule has 0 saturated heterocycles. The highest BCUT2D eigenvalue weighted by molar-refractivity contribution is 5.54. The molecule has 17 heavy (non-hydrogen) atoms. The lowest BCUT2D eigenvalue weighted by Crippen LogP contribution is -2.17. The number of nitrogens with zero attached hydrogens (tertiary/aromatic N) is 2. The average Bonchev–Trinajstić information content (AvgIpc) is 2.30. The molecule has 0 aliphatic rings. The Morgan fingerprint density at radius 3 is 2.82 bits per heavy atom. The number of halogens is 1. The Morgan fingerprint density at radius 2 is 2.18 bits per heavy atom. The average molecular weight is 231 g/mol. The van der Waals surface area contributed by atoms with Gasteiger partial charge in [-0.05, 0) is 29.8 Å². The maximum Gasteiger partial charge on any atom is 0.148 e. The number of nitrogen functional groups attached to an aromatic ring is 1. The molecule has 0 unspecified atom stereocenters. The fraction of sp³-hybridized carbons (Fsp3) is 0.154. The Kier molecular flexibility index (Phi) is 3.23. The van der Waals surface area contributed by atoms with Gasteiger partial charge in [-0.25, -0.2) is 4.39 Å². The van der Waals surface area contributed by atoms with Crippen molar-refractivity contribution < 1.29 is 4.39 Å². The summed E-state index contributed by atoms with van der Waals surface area (Å²) in [6.07, 6.45) is 3.49. The van der Waals surface area contributed by atoms with Crippen LogP contribution >= 0.6 is 0 Å². The summed E-state index contributed by atoms with van der Waals surface area (Å²) in [6.45, 7) is 0.606. The van der Waals surface area contributed by atoms with Crippen LogP contribution in [-0.2, 0) is 6.54 Å². The monoisotopic (exact) mass is 231 g/mol. The van der Waals surface area contributed by atoms with Gasteiger partial charge in [-0.15, -0.1) is 0 Å². The molecular weight excluding hydrogens is 217 g/mol. The molecule has 0 bridgehead atoms. The van der Waals surface area contributed by atoms with E-state index in [1.165, 1.54) is 6.07 Å². The van der Waals surface area contributed by atoms with E-state index in [9.17, 15) is 4.39 Å². The zero-order chi connectivity index (χ0) is 12.3. The number of nitrogens with two attached hydrogens (primary N) is 1. The van der Waals surface area contributed by atoms with E-state index in [0.717, 1.165) is 5.56 Å². The quantitative estimate of drug-likeness (QED) is 0.825. The zero-order valence-corrected chi connectivity index (χ0v) is 9.60. The summed E-state index contributed by atoms with van der Waals surface area (Å²) in [5.41, 5.74) is 7.51. The number of rotatable bonds is 3. The Morgan fingerprint density at radius 1 is 1.35 bits per heavy atom. The number of pyridine rings is 1. The standard InChI is InChI=1S/C13H14FN3/c1-17(9-10-3-2-6-16-8-10)13-5-4-11(15)7-12(13)14/h2-8H,9,15H2,1H3. The van der Waals surface area contributed by atoms with E-state index >= 15 is 0 Å². The van der Waals surface area contributed by atoms with Gasteiger partial charge in [0.2, 0.25) is 0 Å². The van der Waals surface area contributed by atoms with Crippen molar-refractivity contribution in [3.8, 4) is 0 Å². The van der Waals surface area contributed by atoms with Gasteiger partial charge in [0.1, 0.15) is 5.82 Å². The number of hydrogen-bond donors (Lipinski definition) is 1. The van der Waals surface area contributed by atoms with E-state index in [1.807, 2.05) is 24.1 Å². The van der Waals surface area contributed by atoms with Gasteiger partial charge < -0.3 is 10.6 Å². The van der Waals surface area contributed by atoms with Crippen molar-refractivity contribution >= 4 is 11.4 Å². The lowest BCUT2D eigenvalue weighted by Gasteiger charge is -2.20. The lowest BCUT2D eigenvalue weighted by molar-refractivity contribution is 0.623. The van der Waals surface area contributed by atoms with Crippen LogP contribution in [0.5, 0.6) is 0 Å². The van der Waals surface area contributed by atoms with Gasteiger partial charge in [0.25, 0.3) is 0 Å². The van der Waals surface area contributed by atoms with Crippen molar-refractivity contribution in [3.63, 3.8) is 0 Å². The van der Waals surface area contributed by atoms with Gasteiger partial charge in [0.05, 0.1) is 5.69 Å². The van der Waals surface area contributed by atoms with Crippen molar-refractivity contribution in [1.29, 1.82) is 0 Å². The smallest absolute Gasteiger partial charge is 0.148 e. The molecule has 0 saturated carbocycles. The van der Waals surface area contributed by atoms with Crippen LogP contribution in [0.25, 0.3) is 0 Å². The Labute approximate surface area is 99.7 Å². The van der Waals surface area contributed by atoms with Crippen molar-refractivity contribution in [2.75, 3.05) is 17.7 Å². The first-order valence-electron chi connectivity index (χ1n) is 5.32. The highest BCUT2D eigenvalue weighted by Gasteiger charge is 2.08. The van der Waals surface area contributed by atoms with Gasteiger partial charge in [0.15, 0.2) is 0 Å². The molecule has 0 amide bonds. The van der Waals surface area contributed by atoms with E-state index in [-0.39, 0.29) is 5.82 Å². The van der Waals surface area contributed by atoms with Gasteiger partial charge in [-0.2, -0.15) is 0 Å². The van der Waals surface area contributed by atoms with Crippen LogP contribution in [-0.4, -0.2) is 12.0 Å². The van der Waals surface area contributed by atoms with E-state index in [1.54, 1.807) is 24.5 Å². The van der Waals surface area contributed by atoms with Crippen molar-refractivity contribution in [2.45, 2.75) is 6.54 Å². The molecule has 0 spiro atoms. The molecule has 1 heterocycles. The third-order valence-electron chi connectivity index (χ3n) is 2.53. The minimum absolute atomic E-state index is 0.309. The summed E-state index contributed by atoms with van der Waals surface area (Å²) in [5.74, 6) is -0.309. The van der Waals surface area contributed by atoms with Crippen molar-refractivity contribution in [1.82, 2.24) is 4.98 Å². The molecule has 4 heteroatoms. The molecule has 0 aliphatic carbocycles. The van der Waals surface area contributed by atoms with Crippen LogP contribution in [0.4, 0.5) is 15.8 Å². The van der Waals surface area contributed by atoms with E-state index in [4.69, 9.17) is 5.73 Å². The first-order valence-corrected chi connectivity index (χ1v) is 5.32. The van der Waals surface area contributed by atoms with Crippen LogP contribution < -0.4 is 10.6 Å². The summed E-state index contributed by atoms with van der Waals surface area (Å²) in [4.78, 5) is 5.85. The fourth-order valence-corrected chi connectivity index (χ4v) is 1.68. The van der Waals surface area contributed by atoms with Gasteiger partial charge >= 0.3 is 0 Å². The van der Waals surface area contributed by atoms with Crippen LogP contribution in [0.1, 0.15) is 5.56 Å². The number of anilines is 2. The maximum absolute atomic E-state index is 13.7. The molecule has 2 aromatic rings. The predicted molar refractivity (Wildman–Crippen MR) is 67.2 cm³/mol. The maximum atomic E-state index is 13.7. The summed E-state index contributed by atoms with van der Waals surface area (Å²) < 4.78 is 13.7. The molecule has 2 N–H and O–H groups in total. The van der Waals surface area contributed by atoms with Crippen LogP contribution in [0.15, 0.2) is 42.7 Å².